The maximum atomic E-state index is 14.6. The lowest BCUT2D eigenvalue weighted by Gasteiger charge is -2.35. The molecule has 49 heavy (non-hydrogen) atoms. The summed E-state index contributed by atoms with van der Waals surface area (Å²) in [7, 11) is 1.54. The zero-order valence-electron chi connectivity index (χ0n) is 28.6. The van der Waals surface area contributed by atoms with Gasteiger partial charge in [0.15, 0.2) is 23.0 Å². The van der Waals surface area contributed by atoms with E-state index in [1.54, 1.807) is 19.1 Å². The number of aliphatic carboxylic acids is 1. The summed E-state index contributed by atoms with van der Waals surface area (Å²) in [6.07, 6.45) is 4.33. The van der Waals surface area contributed by atoms with Crippen molar-refractivity contribution in [2.45, 2.75) is 77.3 Å². The van der Waals surface area contributed by atoms with Crippen molar-refractivity contribution in [3.63, 3.8) is 0 Å². The number of hydrogen-bond acceptors (Lipinski definition) is 8. The zero-order valence-corrected chi connectivity index (χ0v) is 28.6. The van der Waals surface area contributed by atoms with Crippen molar-refractivity contribution in [1.82, 2.24) is 4.90 Å². The summed E-state index contributed by atoms with van der Waals surface area (Å²) in [6, 6.07) is 13.6. The third kappa shape index (κ3) is 6.99. The van der Waals surface area contributed by atoms with Crippen LogP contribution in [-0.4, -0.2) is 67.8 Å². The van der Waals surface area contributed by atoms with Crippen LogP contribution in [0.2, 0.25) is 0 Å². The molecule has 0 aliphatic carbocycles. The Balaban J connectivity index is 1.37. The summed E-state index contributed by atoms with van der Waals surface area (Å²) in [5.41, 5.74) is 2.78. The Morgan fingerprint density at radius 3 is 2.43 bits per heavy atom. The molecular formula is C38H45FN2O8. The lowest BCUT2D eigenvalue weighted by Crippen LogP contribution is -2.48. The number of likely N-dealkylation sites (tertiary alicyclic amines) is 1. The number of carbonyl (C=O) groups excluding carboxylic acids is 1. The van der Waals surface area contributed by atoms with Crippen molar-refractivity contribution in [1.29, 1.82) is 0 Å². The maximum absolute atomic E-state index is 14.6. The van der Waals surface area contributed by atoms with Crippen molar-refractivity contribution < 1.29 is 42.8 Å². The molecule has 1 fully saturated rings. The van der Waals surface area contributed by atoms with E-state index >= 15 is 0 Å². The molecule has 3 aliphatic rings. The van der Waals surface area contributed by atoms with Crippen LogP contribution < -0.4 is 28.6 Å². The van der Waals surface area contributed by atoms with Gasteiger partial charge < -0.3 is 33.7 Å². The van der Waals surface area contributed by atoms with Crippen molar-refractivity contribution in [2.75, 3.05) is 38.7 Å². The highest BCUT2D eigenvalue weighted by Gasteiger charge is 2.48. The van der Waals surface area contributed by atoms with Gasteiger partial charge in [-0.1, -0.05) is 38.8 Å². The highest BCUT2D eigenvalue weighted by atomic mass is 19.1. The number of carboxylic acids is 1. The fourth-order valence-corrected chi connectivity index (χ4v) is 7.70. The summed E-state index contributed by atoms with van der Waals surface area (Å²) < 4.78 is 42.7. The quantitative estimate of drug-likeness (QED) is 0.200. The van der Waals surface area contributed by atoms with Gasteiger partial charge in [-0.15, -0.1) is 0 Å². The average Bonchev–Trinajstić information content (AvgIpc) is 3.84. The average molecular weight is 677 g/mol. The topological polar surface area (TPSA) is 107 Å². The molecule has 3 aromatic rings. The minimum Gasteiger partial charge on any atom is -0.493 e. The Hall–Kier alpha value is -4.51. The van der Waals surface area contributed by atoms with Gasteiger partial charge in [0.2, 0.25) is 25.2 Å². The van der Waals surface area contributed by atoms with E-state index < -0.39 is 23.8 Å². The zero-order chi connectivity index (χ0) is 34.7. The Morgan fingerprint density at radius 1 is 1.00 bits per heavy atom. The van der Waals surface area contributed by atoms with Gasteiger partial charge in [-0.25, -0.2) is 4.39 Å². The smallest absolute Gasteiger partial charge is 0.308 e. The van der Waals surface area contributed by atoms with Gasteiger partial charge in [0.1, 0.15) is 5.82 Å². The van der Waals surface area contributed by atoms with Gasteiger partial charge in [0, 0.05) is 30.2 Å². The van der Waals surface area contributed by atoms with E-state index in [2.05, 4.69) is 13.8 Å². The summed E-state index contributed by atoms with van der Waals surface area (Å²) in [5.74, 6) is 0.0752. The van der Waals surface area contributed by atoms with E-state index in [0.717, 1.165) is 36.8 Å². The molecule has 0 bridgehead atoms. The van der Waals surface area contributed by atoms with E-state index in [1.807, 2.05) is 40.1 Å². The molecule has 1 N–H and O–H groups in total. The van der Waals surface area contributed by atoms with Gasteiger partial charge in [0.05, 0.1) is 19.6 Å². The lowest BCUT2D eigenvalue weighted by molar-refractivity contribution is -0.143. The normalized spacial score (nSPS) is 19.4. The molecule has 3 heterocycles. The lowest BCUT2D eigenvalue weighted by atomic mass is 9.83. The van der Waals surface area contributed by atoms with Crippen LogP contribution >= 0.6 is 0 Å². The Labute approximate surface area is 286 Å². The molecule has 0 radical (unpaired) electrons. The monoisotopic (exact) mass is 676 g/mol. The van der Waals surface area contributed by atoms with Crippen LogP contribution in [0.5, 0.6) is 28.7 Å². The number of ether oxygens (including phenoxy) is 5. The summed E-state index contributed by atoms with van der Waals surface area (Å²) in [4.78, 5) is 31.6. The second-order valence-electron chi connectivity index (χ2n) is 13.0. The van der Waals surface area contributed by atoms with E-state index in [-0.39, 0.29) is 37.9 Å². The predicted molar refractivity (Wildman–Crippen MR) is 181 cm³/mol. The van der Waals surface area contributed by atoms with Crippen LogP contribution in [0.25, 0.3) is 0 Å². The third-order valence-electron chi connectivity index (χ3n) is 9.97. The van der Waals surface area contributed by atoms with Crippen LogP contribution in [0.1, 0.15) is 68.6 Å². The highest BCUT2D eigenvalue weighted by molar-refractivity contribution is 5.95. The van der Waals surface area contributed by atoms with Crippen LogP contribution in [-0.2, 0) is 16.0 Å². The molecule has 0 spiro atoms. The van der Waals surface area contributed by atoms with Crippen LogP contribution in [0.4, 0.5) is 10.1 Å². The summed E-state index contributed by atoms with van der Waals surface area (Å²) in [5, 5.41) is 10.8. The second-order valence-corrected chi connectivity index (χ2v) is 13.0. The molecule has 3 atom stereocenters. The van der Waals surface area contributed by atoms with Crippen molar-refractivity contribution in [2.24, 2.45) is 5.92 Å². The van der Waals surface area contributed by atoms with Crippen LogP contribution in [0.15, 0.2) is 48.5 Å². The SMILES string of the molecule is CCCC(CCC)N(C(=O)CN1C[C@H](c2cc(OC)c3c(c2)OCO3)C(C(=O)O)[C@@H]1CCc1cccc2c1OCO2)c1ccc(F)c(C)c1. The molecule has 0 saturated carbocycles. The third-order valence-corrected chi connectivity index (χ3v) is 9.97. The van der Waals surface area contributed by atoms with E-state index in [9.17, 15) is 19.1 Å². The Morgan fingerprint density at radius 2 is 1.73 bits per heavy atom. The van der Waals surface area contributed by atoms with Gasteiger partial charge in [0.25, 0.3) is 0 Å². The first-order chi connectivity index (χ1) is 23.7. The number of para-hydroxylation sites is 1. The number of hydrogen-bond donors (Lipinski definition) is 1. The number of carbonyl (C=O) groups is 2. The number of benzene rings is 3. The number of nitrogens with zero attached hydrogens (tertiary/aromatic N) is 2. The number of carboxylic acid groups (broad SMARTS) is 1. The number of methoxy groups -OCH3 is 1. The standard InChI is InChI=1S/C38H45FN2O8/c1-5-8-26(9-6-2)41(27-13-14-29(39)23(3)16-27)34(42)20-40-19-28(25-17-32(45-4)37-33(18-25)47-22-49-37)35(38(43)44)30(40)15-12-24-10-7-11-31-36(24)48-21-46-31/h7,10-11,13-14,16-18,26,28,30,35H,5-6,8-9,12,15,19-22H2,1-4H3,(H,43,44)/t28-,30+,35?/m1/s1. The van der Waals surface area contributed by atoms with Crippen molar-refractivity contribution in [3.05, 3.63) is 71.0 Å². The second kappa shape index (κ2) is 14.9. The largest absolute Gasteiger partial charge is 0.493 e. The number of rotatable bonds is 14. The van der Waals surface area contributed by atoms with Crippen LogP contribution in [0.3, 0.4) is 0 Å². The van der Waals surface area contributed by atoms with Gasteiger partial charge in [-0.3, -0.25) is 14.5 Å². The molecule has 3 aromatic carbocycles. The van der Waals surface area contributed by atoms with Crippen molar-refractivity contribution in [3.8, 4) is 28.7 Å². The molecule has 262 valence electrons. The number of aryl methyl sites for hydroxylation is 2. The number of amides is 1. The maximum Gasteiger partial charge on any atom is 0.308 e. The number of halogens is 1. The number of anilines is 1. The van der Waals surface area contributed by atoms with E-state index in [1.165, 1.54) is 13.2 Å². The number of fused-ring (bicyclic) bond motifs is 2. The first-order valence-electron chi connectivity index (χ1n) is 17.1. The predicted octanol–water partition coefficient (Wildman–Crippen LogP) is 6.70. The Kier molecular flexibility index (Phi) is 10.5. The van der Waals surface area contributed by atoms with Crippen molar-refractivity contribution >= 4 is 17.6 Å². The molecule has 11 heteroatoms. The fraction of sp³-hybridized carbons (Fsp3) is 0.474. The highest BCUT2D eigenvalue weighted by Crippen LogP contribution is 2.48. The molecule has 1 saturated heterocycles. The molecule has 1 amide bonds. The van der Waals surface area contributed by atoms with Gasteiger partial charge in [-0.05, 0) is 85.7 Å². The molecule has 6 rings (SSSR count). The molecular weight excluding hydrogens is 631 g/mol. The van der Waals surface area contributed by atoms with Gasteiger partial charge in [-0.2, -0.15) is 0 Å². The summed E-state index contributed by atoms with van der Waals surface area (Å²) >= 11 is 0. The molecule has 0 aromatic heterocycles. The first-order valence-corrected chi connectivity index (χ1v) is 17.1. The first kappa shape index (κ1) is 34.4. The van der Waals surface area contributed by atoms with Gasteiger partial charge >= 0.3 is 5.97 Å². The van der Waals surface area contributed by atoms with E-state index in [0.29, 0.717) is 59.4 Å². The van der Waals surface area contributed by atoms with Crippen LogP contribution in [0, 0.1) is 18.7 Å². The Bertz CT molecular complexity index is 1680. The van der Waals surface area contributed by atoms with E-state index in [4.69, 9.17) is 23.7 Å². The minimum absolute atomic E-state index is 0.000502. The molecule has 3 aliphatic heterocycles. The minimum atomic E-state index is -0.944. The fourth-order valence-electron chi connectivity index (χ4n) is 7.70. The summed E-state index contributed by atoms with van der Waals surface area (Å²) in [6.45, 7) is 6.39. The molecule has 1 unspecified atom stereocenters. The molecule has 10 nitrogen and oxygen atoms in total.